The minimum atomic E-state index is 0.391. The highest BCUT2D eigenvalue weighted by atomic mass is 16.3. The SMILES string of the molecule is Oc1ccc2c(c1)CC[C@@H](c1ccccc1)C2. The Hall–Kier alpha value is -1.76. The summed E-state index contributed by atoms with van der Waals surface area (Å²) in [5, 5.41) is 9.47. The lowest BCUT2D eigenvalue weighted by atomic mass is 9.80. The molecule has 86 valence electrons. The van der Waals surface area contributed by atoms with E-state index in [1.807, 2.05) is 6.07 Å². The van der Waals surface area contributed by atoms with Gasteiger partial charge in [-0.3, -0.25) is 0 Å². The fourth-order valence-corrected chi connectivity index (χ4v) is 2.75. The highest BCUT2D eigenvalue weighted by molar-refractivity contribution is 5.38. The molecule has 17 heavy (non-hydrogen) atoms. The van der Waals surface area contributed by atoms with Gasteiger partial charge < -0.3 is 5.11 Å². The van der Waals surface area contributed by atoms with Crippen molar-refractivity contribution < 1.29 is 5.11 Å². The highest BCUT2D eigenvalue weighted by Gasteiger charge is 2.19. The molecule has 0 aliphatic heterocycles. The predicted octanol–water partition coefficient (Wildman–Crippen LogP) is 3.66. The molecule has 2 aromatic carbocycles. The number of hydrogen-bond donors (Lipinski definition) is 1. The van der Waals surface area contributed by atoms with Crippen molar-refractivity contribution in [3.8, 4) is 5.75 Å². The minimum Gasteiger partial charge on any atom is -0.508 e. The summed E-state index contributed by atoms with van der Waals surface area (Å²) in [6, 6.07) is 16.5. The highest BCUT2D eigenvalue weighted by Crippen LogP contribution is 2.33. The van der Waals surface area contributed by atoms with E-state index < -0.39 is 0 Å². The van der Waals surface area contributed by atoms with Crippen molar-refractivity contribution in [1.82, 2.24) is 0 Å². The number of phenols is 1. The lowest BCUT2D eigenvalue weighted by Crippen LogP contribution is -2.12. The Kier molecular flexibility index (Phi) is 2.60. The van der Waals surface area contributed by atoms with Crippen molar-refractivity contribution >= 4 is 0 Å². The number of phenolic OH excluding ortho intramolecular Hbond substituents is 1. The normalized spacial score (nSPS) is 18.7. The van der Waals surface area contributed by atoms with Crippen LogP contribution in [0.25, 0.3) is 0 Å². The molecule has 1 nitrogen and oxygen atoms in total. The second-order valence-electron chi connectivity index (χ2n) is 4.80. The van der Waals surface area contributed by atoms with Crippen LogP contribution >= 0.6 is 0 Å². The summed E-state index contributed by atoms with van der Waals surface area (Å²) in [4.78, 5) is 0. The van der Waals surface area contributed by atoms with Gasteiger partial charge in [-0.25, -0.2) is 0 Å². The van der Waals surface area contributed by atoms with E-state index in [0.29, 0.717) is 11.7 Å². The first kappa shape index (κ1) is 10.4. The van der Waals surface area contributed by atoms with Crippen molar-refractivity contribution in [3.05, 3.63) is 65.2 Å². The molecule has 0 saturated carbocycles. The molecule has 1 aliphatic rings. The predicted molar refractivity (Wildman–Crippen MR) is 69.3 cm³/mol. The molecule has 1 heteroatoms. The second kappa shape index (κ2) is 4.25. The van der Waals surface area contributed by atoms with Gasteiger partial charge in [-0.05, 0) is 54.0 Å². The lowest BCUT2D eigenvalue weighted by molar-refractivity contribution is 0.472. The summed E-state index contributed by atoms with van der Waals surface area (Å²) < 4.78 is 0. The zero-order valence-electron chi connectivity index (χ0n) is 9.76. The van der Waals surface area contributed by atoms with E-state index >= 15 is 0 Å². The van der Waals surface area contributed by atoms with Gasteiger partial charge in [-0.1, -0.05) is 36.4 Å². The standard InChI is InChI=1S/C16H16O/c17-16-9-8-14-10-13(6-7-15(14)11-16)12-4-2-1-3-5-12/h1-5,8-9,11,13,17H,6-7,10H2/t13-/m1/s1. The van der Waals surface area contributed by atoms with Crippen LogP contribution < -0.4 is 0 Å². The molecule has 0 saturated heterocycles. The van der Waals surface area contributed by atoms with E-state index in [4.69, 9.17) is 0 Å². The van der Waals surface area contributed by atoms with Gasteiger partial charge in [-0.15, -0.1) is 0 Å². The summed E-state index contributed by atoms with van der Waals surface area (Å²) in [7, 11) is 0. The molecule has 0 fully saturated rings. The van der Waals surface area contributed by atoms with Crippen molar-refractivity contribution in [3.63, 3.8) is 0 Å². The molecule has 3 rings (SSSR count). The minimum absolute atomic E-state index is 0.391. The Balaban J connectivity index is 1.88. The first-order valence-electron chi connectivity index (χ1n) is 6.18. The third-order valence-electron chi connectivity index (χ3n) is 3.69. The Morgan fingerprint density at radius 2 is 1.76 bits per heavy atom. The average Bonchev–Trinajstić information content (AvgIpc) is 2.39. The van der Waals surface area contributed by atoms with E-state index in [9.17, 15) is 5.11 Å². The van der Waals surface area contributed by atoms with E-state index in [1.165, 1.54) is 23.1 Å². The number of rotatable bonds is 1. The van der Waals surface area contributed by atoms with Gasteiger partial charge in [0.05, 0.1) is 0 Å². The molecule has 2 aromatic rings. The third kappa shape index (κ3) is 2.05. The van der Waals surface area contributed by atoms with Gasteiger partial charge in [0, 0.05) is 0 Å². The van der Waals surface area contributed by atoms with Crippen LogP contribution in [0.4, 0.5) is 0 Å². The smallest absolute Gasteiger partial charge is 0.115 e. The Bertz CT molecular complexity index is 516. The number of benzene rings is 2. The van der Waals surface area contributed by atoms with Gasteiger partial charge in [0.15, 0.2) is 0 Å². The largest absolute Gasteiger partial charge is 0.508 e. The second-order valence-corrected chi connectivity index (χ2v) is 4.80. The summed E-state index contributed by atoms with van der Waals surface area (Å²) in [5.74, 6) is 1.02. The van der Waals surface area contributed by atoms with Crippen molar-refractivity contribution in [1.29, 1.82) is 0 Å². The van der Waals surface area contributed by atoms with Crippen molar-refractivity contribution in [2.45, 2.75) is 25.2 Å². The van der Waals surface area contributed by atoms with E-state index in [1.54, 1.807) is 6.07 Å². The fraction of sp³-hybridized carbons (Fsp3) is 0.250. The van der Waals surface area contributed by atoms with Gasteiger partial charge in [-0.2, -0.15) is 0 Å². The van der Waals surface area contributed by atoms with Gasteiger partial charge >= 0.3 is 0 Å². The summed E-state index contributed by atoms with van der Waals surface area (Å²) in [6.07, 6.45) is 3.35. The summed E-state index contributed by atoms with van der Waals surface area (Å²) in [6.45, 7) is 0. The lowest BCUT2D eigenvalue weighted by Gasteiger charge is -2.25. The number of aryl methyl sites for hydroxylation is 1. The molecule has 0 aromatic heterocycles. The topological polar surface area (TPSA) is 20.2 Å². The monoisotopic (exact) mass is 224 g/mol. The summed E-state index contributed by atoms with van der Waals surface area (Å²) in [5.41, 5.74) is 4.14. The molecule has 0 amide bonds. The van der Waals surface area contributed by atoms with Crippen LogP contribution in [0, 0.1) is 0 Å². The molecule has 0 unspecified atom stereocenters. The number of hydrogen-bond acceptors (Lipinski definition) is 1. The molecule has 0 bridgehead atoms. The molecule has 0 radical (unpaired) electrons. The number of fused-ring (bicyclic) bond motifs is 1. The fourth-order valence-electron chi connectivity index (χ4n) is 2.75. The number of aromatic hydroxyl groups is 1. The molecule has 0 spiro atoms. The Labute approximate surface area is 102 Å². The van der Waals surface area contributed by atoms with Crippen LogP contribution in [0.5, 0.6) is 5.75 Å². The third-order valence-corrected chi connectivity index (χ3v) is 3.69. The molecular weight excluding hydrogens is 208 g/mol. The van der Waals surface area contributed by atoms with Crippen LogP contribution in [-0.4, -0.2) is 5.11 Å². The van der Waals surface area contributed by atoms with Gasteiger partial charge in [0.25, 0.3) is 0 Å². The van der Waals surface area contributed by atoms with Gasteiger partial charge in [0.2, 0.25) is 0 Å². The maximum absolute atomic E-state index is 9.47. The van der Waals surface area contributed by atoms with E-state index in [-0.39, 0.29) is 0 Å². The molecule has 1 N–H and O–H groups in total. The van der Waals surface area contributed by atoms with E-state index in [0.717, 1.165) is 12.8 Å². The Morgan fingerprint density at radius 3 is 2.59 bits per heavy atom. The van der Waals surface area contributed by atoms with Crippen LogP contribution in [0.1, 0.15) is 29.0 Å². The first-order chi connectivity index (χ1) is 8.33. The first-order valence-corrected chi connectivity index (χ1v) is 6.18. The van der Waals surface area contributed by atoms with Crippen molar-refractivity contribution in [2.24, 2.45) is 0 Å². The van der Waals surface area contributed by atoms with Crippen LogP contribution in [-0.2, 0) is 12.8 Å². The van der Waals surface area contributed by atoms with Crippen LogP contribution in [0.15, 0.2) is 48.5 Å². The summed E-state index contributed by atoms with van der Waals surface area (Å²) >= 11 is 0. The van der Waals surface area contributed by atoms with Gasteiger partial charge in [0.1, 0.15) is 5.75 Å². The van der Waals surface area contributed by atoms with Crippen LogP contribution in [0.3, 0.4) is 0 Å². The molecular formula is C16H16O. The maximum atomic E-state index is 9.47. The van der Waals surface area contributed by atoms with Crippen LogP contribution in [0.2, 0.25) is 0 Å². The quantitative estimate of drug-likeness (QED) is 0.783. The molecule has 1 atom stereocenters. The zero-order valence-corrected chi connectivity index (χ0v) is 9.76. The average molecular weight is 224 g/mol. The van der Waals surface area contributed by atoms with E-state index in [2.05, 4.69) is 36.4 Å². The molecule has 1 aliphatic carbocycles. The Morgan fingerprint density at radius 1 is 0.941 bits per heavy atom. The zero-order chi connectivity index (χ0) is 11.7. The van der Waals surface area contributed by atoms with Crippen molar-refractivity contribution in [2.75, 3.05) is 0 Å². The maximum Gasteiger partial charge on any atom is 0.115 e. The molecule has 0 heterocycles.